The van der Waals surface area contributed by atoms with Gasteiger partial charge in [0.1, 0.15) is 31.5 Å². The fourth-order valence-corrected chi connectivity index (χ4v) is 4.11. The summed E-state index contributed by atoms with van der Waals surface area (Å²) in [6.07, 6.45) is -1.16. The highest BCUT2D eigenvalue weighted by Crippen LogP contribution is 2.41. The van der Waals surface area contributed by atoms with Gasteiger partial charge in [-0.3, -0.25) is 0 Å². The van der Waals surface area contributed by atoms with Crippen LogP contribution >= 0.6 is 0 Å². The summed E-state index contributed by atoms with van der Waals surface area (Å²) in [4.78, 5) is 0. The Balaban J connectivity index is 0.00000361. The smallest absolute Gasteiger partial charge is 0.229 e. The Morgan fingerprint density at radius 3 is 2.25 bits per heavy atom. The van der Waals surface area contributed by atoms with E-state index in [4.69, 9.17) is 18.9 Å². The number of aliphatic hydroxyl groups is 4. The number of ether oxygens (including phenoxy) is 4. The topological polar surface area (TPSA) is 122 Å². The van der Waals surface area contributed by atoms with Crippen LogP contribution in [0.25, 0.3) is 23.1 Å². The van der Waals surface area contributed by atoms with Gasteiger partial charge in [0, 0.05) is 12.1 Å². The number of hydrogen-bond acceptors (Lipinski definition) is 8. The zero-order valence-electron chi connectivity index (χ0n) is 20.1. The molecule has 36 heavy (non-hydrogen) atoms. The van der Waals surface area contributed by atoms with E-state index < -0.39 is 37.3 Å². The van der Waals surface area contributed by atoms with E-state index in [0.717, 1.165) is 22.0 Å². The summed E-state index contributed by atoms with van der Waals surface area (Å²) in [5.74, 6) is 0.768. The van der Waals surface area contributed by atoms with E-state index in [1.807, 2.05) is 43.6 Å². The number of halogens is 1. The SMILES string of the molecule is COc1cc(C=Cc2cc[n+](C)c3ccccc23)cc(OC)c1O[C@@H]1O[C@H](CO)[C@H](O)[C@H](O)[C@H]1O.[I-]. The first-order valence-corrected chi connectivity index (χ1v) is 11.2. The molecule has 0 saturated carbocycles. The number of methoxy groups -OCH3 is 2. The molecule has 2 heterocycles. The van der Waals surface area contributed by atoms with Gasteiger partial charge in [0.25, 0.3) is 0 Å². The van der Waals surface area contributed by atoms with Gasteiger partial charge in [0.05, 0.1) is 26.2 Å². The van der Waals surface area contributed by atoms with Crippen molar-refractivity contribution in [3.05, 3.63) is 59.8 Å². The summed E-state index contributed by atoms with van der Waals surface area (Å²) in [6, 6.07) is 13.6. The summed E-state index contributed by atoms with van der Waals surface area (Å²) in [7, 11) is 4.93. The maximum absolute atomic E-state index is 10.3. The zero-order chi connectivity index (χ0) is 25.1. The van der Waals surface area contributed by atoms with Crippen LogP contribution in [-0.2, 0) is 11.8 Å². The molecule has 2 aromatic carbocycles. The van der Waals surface area contributed by atoms with E-state index in [1.54, 1.807) is 12.1 Å². The lowest BCUT2D eigenvalue weighted by Crippen LogP contribution is -3.00. The Labute approximate surface area is 226 Å². The molecule has 10 heteroatoms. The molecule has 4 N–H and O–H groups in total. The van der Waals surface area contributed by atoms with Gasteiger partial charge in [-0.25, -0.2) is 4.57 Å². The van der Waals surface area contributed by atoms with Gasteiger partial charge in [-0.1, -0.05) is 24.3 Å². The van der Waals surface area contributed by atoms with Gasteiger partial charge in [-0.05, 0) is 29.3 Å². The first kappa shape index (κ1) is 28.1. The summed E-state index contributed by atoms with van der Waals surface area (Å²) < 4.78 is 24.3. The van der Waals surface area contributed by atoms with E-state index in [0.29, 0.717) is 11.5 Å². The van der Waals surface area contributed by atoms with Gasteiger partial charge in [0.2, 0.25) is 17.6 Å². The van der Waals surface area contributed by atoms with Crippen LogP contribution in [-0.4, -0.2) is 72.0 Å². The van der Waals surface area contributed by atoms with Gasteiger partial charge in [-0.15, -0.1) is 0 Å². The summed E-state index contributed by atoms with van der Waals surface area (Å²) in [6.45, 7) is -0.561. The molecule has 0 aliphatic carbocycles. The molecule has 0 amide bonds. The van der Waals surface area contributed by atoms with Crippen LogP contribution in [0.4, 0.5) is 0 Å². The van der Waals surface area contributed by atoms with Gasteiger partial charge in [-0.2, -0.15) is 0 Å². The molecule has 194 valence electrons. The monoisotopic (exact) mass is 611 g/mol. The first-order valence-electron chi connectivity index (χ1n) is 11.2. The lowest BCUT2D eigenvalue weighted by molar-refractivity contribution is -0.644. The number of para-hydroxylation sites is 1. The van der Waals surface area contributed by atoms with Crippen molar-refractivity contribution < 1.29 is 67.9 Å². The van der Waals surface area contributed by atoms with Gasteiger partial charge < -0.3 is 63.4 Å². The predicted molar refractivity (Wildman–Crippen MR) is 128 cm³/mol. The molecule has 1 aliphatic heterocycles. The third-order valence-corrected chi connectivity index (χ3v) is 6.09. The molecule has 1 saturated heterocycles. The third-order valence-electron chi connectivity index (χ3n) is 6.09. The fraction of sp³-hybridized carbons (Fsp3) is 0.346. The van der Waals surface area contributed by atoms with Crippen LogP contribution in [0.5, 0.6) is 17.2 Å². The molecular formula is C26H30INO8. The van der Waals surface area contributed by atoms with Crippen molar-refractivity contribution in [3.8, 4) is 17.2 Å². The van der Waals surface area contributed by atoms with Crippen LogP contribution in [0.2, 0.25) is 0 Å². The summed E-state index contributed by atoms with van der Waals surface area (Å²) in [5.41, 5.74) is 2.92. The molecule has 1 aromatic heterocycles. The number of pyridine rings is 1. The molecular weight excluding hydrogens is 581 g/mol. The number of hydrogen-bond donors (Lipinski definition) is 4. The van der Waals surface area contributed by atoms with Crippen molar-refractivity contribution in [1.29, 1.82) is 0 Å². The predicted octanol–water partition coefficient (Wildman–Crippen LogP) is -1.97. The van der Waals surface area contributed by atoms with Crippen molar-refractivity contribution in [2.24, 2.45) is 7.05 Å². The third kappa shape index (κ3) is 5.58. The maximum Gasteiger partial charge on any atom is 0.229 e. The number of aliphatic hydroxyl groups excluding tert-OH is 4. The Morgan fingerprint density at radius 1 is 0.944 bits per heavy atom. The Morgan fingerprint density at radius 2 is 1.61 bits per heavy atom. The highest BCUT2D eigenvalue weighted by atomic mass is 127. The second-order valence-electron chi connectivity index (χ2n) is 8.30. The largest absolute Gasteiger partial charge is 1.00 e. The number of rotatable bonds is 7. The van der Waals surface area contributed by atoms with Crippen molar-refractivity contribution in [2.75, 3.05) is 20.8 Å². The van der Waals surface area contributed by atoms with Crippen molar-refractivity contribution in [2.45, 2.75) is 30.7 Å². The molecule has 0 bridgehead atoms. The average Bonchev–Trinajstić information content (AvgIpc) is 2.88. The molecule has 0 spiro atoms. The Bertz CT molecular complexity index is 1190. The Kier molecular flexibility index (Phi) is 9.50. The number of nitrogens with zero attached hydrogens (tertiary/aromatic N) is 1. The van der Waals surface area contributed by atoms with E-state index >= 15 is 0 Å². The molecule has 1 fully saturated rings. The van der Waals surface area contributed by atoms with Crippen LogP contribution in [0.3, 0.4) is 0 Å². The van der Waals surface area contributed by atoms with Crippen LogP contribution in [0.15, 0.2) is 48.7 Å². The molecule has 4 rings (SSSR count). The number of benzene rings is 2. The minimum absolute atomic E-state index is 0. The highest BCUT2D eigenvalue weighted by Gasteiger charge is 2.45. The Hall–Kier alpha value is -2.48. The van der Waals surface area contributed by atoms with Crippen LogP contribution in [0, 0.1) is 0 Å². The normalized spacial score (nSPS) is 23.9. The van der Waals surface area contributed by atoms with E-state index in [-0.39, 0.29) is 29.7 Å². The first-order chi connectivity index (χ1) is 16.9. The van der Waals surface area contributed by atoms with E-state index in [1.165, 1.54) is 14.2 Å². The summed E-state index contributed by atoms with van der Waals surface area (Å²) >= 11 is 0. The quantitative estimate of drug-likeness (QED) is 0.180. The van der Waals surface area contributed by atoms with E-state index in [9.17, 15) is 20.4 Å². The van der Waals surface area contributed by atoms with Crippen molar-refractivity contribution in [3.63, 3.8) is 0 Å². The van der Waals surface area contributed by atoms with E-state index in [2.05, 4.69) is 16.7 Å². The van der Waals surface area contributed by atoms with Crippen LogP contribution < -0.4 is 42.8 Å². The summed E-state index contributed by atoms with van der Waals surface area (Å²) in [5, 5.41) is 41.0. The van der Waals surface area contributed by atoms with Crippen LogP contribution in [0.1, 0.15) is 11.1 Å². The molecule has 0 radical (unpaired) electrons. The van der Waals surface area contributed by atoms with Gasteiger partial charge in [0.15, 0.2) is 17.7 Å². The highest BCUT2D eigenvalue weighted by molar-refractivity contribution is 5.89. The minimum atomic E-state index is -1.56. The molecule has 9 nitrogen and oxygen atoms in total. The second kappa shape index (κ2) is 12.2. The van der Waals surface area contributed by atoms with Gasteiger partial charge >= 0.3 is 0 Å². The molecule has 5 atom stereocenters. The molecule has 0 unspecified atom stereocenters. The second-order valence-corrected chi connectivity index (χ2v) is 8.30. The average molecular weight is 611 g/mol. The standard InChI is InChI=1S/C26H30NO8.HI/c1-27-11-10-16(17-6-4-5-7-18(17)27)9-8-15-12-19(32-2)25(20(13-15)33-3)35-26-24(31)23(30)22(29)21(14-28)34-26;/h4-13,21-24,26,28-31H,14H2,1-3H3;1H/q+1;/p-1/t21-,22+,23+,24-,26+;/m1./s1. The fourth-order valence-electron chi connectivity index (χ4n) is 4.11. The molecule has 1 aliphatic rings. The number of fused-ring (bicyclic) bond motifs is 1. The number of aryl methyl sites for hydroxylation is 1. The number of aromatic nitrogens is 1. The zero-order valence-corrected chi connectivity index (χ0v) is 22.3. The lowest BCUT2D eigenvalue weighted by atomic mass is 9.99. The minimum Gasteiger partial charge on any atom is -1.00 e. The van der Waals surface area contributed by atoms with Crippen molar-refractivity contribution >= 4 is 23.1 Å². The lowest BCUT2D eigenvalue weighted by Gasteiger charge is -2.39. The maximum atomic E-state index is 10.3. The molecule has 3 aromatic rings. The van der Waals surface area contributed by atoms with Crippen molar-refractivity contribution in [1.82, 2.24) is 0 Å².